The van der Waals surface area contributed by atoms with Crippen LogP contribution in [0.25, 0.3) is 0 Å². The molecule has 0 aromatic heterocycles. The third-order valence-corrected chi connectivity index (χ3v) is 7.85. The van der Waals surface area contributed by atoms with Gasteiger partial charge < -0.3 is 0 Å². The Bertz CT molecular complexity index is 631. The Kier molecular flexibility index (Phi) is 3.82. The highest BCUT2D eigenvalue weighted by molar-refractivity contribution is 5.87. The lowest BCUT2D eigenvalue weighted by Crippen LogP contribution is -2.58. The summed E-state index contributed by atoms with van der Waals surface area (Å²) in [6.45, 7) is 3.00. The van der Waals surface area contributed by atoms with Crippen molar-refractivity contribution in [3.05, 3.63) is 35.9 Å². The minimum atomic E-state index is -0.00261. The summed E-state index contributed by atoms with van der Waals surface area (Å²) in [5.74, 6) is 2.15. The number of nitrogens with zero attached hydrogens (tertiary/aromatic N) is 1. The summed E-state index contributed by atoms with van der Waals surface area (Å²) < 4.78 is 0. The van der Waals surface area contributed by atoms with Crippen LogP contribution in [0.3, 0.4) is 0 Å². The summed E-state index contributed by atoms with van der Waals surface area (Å²) in [5, 5.41) is 0. The van der Waals surface area contributed by atoms with Crippen molar-refractivity contribution >= 4 is 5.78 Å². The third kappa shape index (κ3) is 2.68. The van der Waals surface area contributed by atoms with Crippen molar-refractivity contribution in [2.45, 2.75) is 63.2 Å². The zero-order valence-corrected chi connectivity index (χ0v) is 15.4. The van der Waals surface area contributed by atoms with Gasteiger partial charge in [0.05, 0.1) is 6.54 Å². The Morgan fingerprint density at radius 1 is 0.960 bits per heavy atom. The highest BCUT2D eigenvalue weighted by Crippen LogP contribution is 2.66. The summed E-state index contributed by atoms with van der Waals surface area (Å²) in [6.07, 6.45) is 11.4. The maximum Gasteiger partial charge on any atom is 0.153 e. The largest absolute Gasteiger partial charge is 0.298 e. The summed E-state index contributed by atoms with van der Waals surface area (Å²) >= 11 is 0. The van der Waals surface area contributed by atoms with E-state index in [9.17, 15) is 4.79 Å². The summed E-state index contributed by atoms with van der Waals surface area (Å²) in [7, 11) is 0. The Morgan fingerprint density at radius 3 is 2.32 bits per heavy atom. The molecular formula is C23H31NO. The van der Waals surface area contributed by atoms with Gasteiger partial charge in [-0.3, -0.25) is 9.69 Å². The molecule has 2 heteroatoms. The number of rotatable bonds is 4. The van der Waals surface area contributed by atoms with Crippen LogP contribution in [-0.2, 0) is 10.2 Å². The summed E-state index contributed by atoms with van der Waals surface area (Å²) in [6, 6.07) is 11.2. The van der Waals surface area contributed by atoms with E-state index in [1.165, 1.54) is 56.9 Å². The van der Waals surface area contributed by atoms with E-state index in [2.05, 4.69) is 35.2 Å². The maximum absolute atomic E-state index is 13.5. The molecule has 5 aliphatic rings. The molecule has 0 amide bonds. The smallest absolute Gasteiger partial charge is 0.153 e. The summed E-state index contributed by atoms with van der Waals surface area (Å²) in [5.41, 5.74) is 1.81. The number of hydrogen-bond acceptors (Lipinski definition) is 2. The molecule has 0 spiro atoms. The first-order valence-corrected chi connectivity index (χ1v) is 10.5. The lowest BCUT2D eigenvalue weighted by molar-refractivity contribution is -0.148. The van der Waals surface area contributed by atoms with Crippen molar-refractivity contribution in [1.82, 2.24) is 4.90 Å². The van der Waals surface area contributed by atoms with Crippen LogP contribution < -0.4 is 0 Å². The van der Waals surface area contributed by atoms with E-state index in [-0.39, 0.29) is 5.41 Å². The number of ketones is 1. The molecule has 1 heterocycles. The zero-order chi connectivity index (χ0) is 16.9. The van der Waals surface area contributed by atoms with Gasteiger partial charge in [-0.05, 0) is 87.3 Å². The van der Waals surface area contributed by atoms with Gasteiger partial charge in [0.2, 0.25) is 0 Å². The maximum atomic E-state index is 13.5. The van der Waals surface area contributed by atoms with Crippen molar-refractivity contribution in [3.63, 3.8) is 0 Å². The van der Waals surface area contributed by atoms with Crippen molar-refractivity contribution in [2.24, 2.45) is 17.3 Å². The topological polar surface area (TPSA) is 20.3 Å². The van der Waals surface area contributed by atoms with Crippen molar-refractivity contribution in [3.8, 4) is 0 Å². The SMILES string of the molecule is O=C(CN1CCCCC1)C12C[C@@H]3C[C@@H](C1)CC(c1ccccc1)(C3)C2. The molecule has 2 atom stereocenters. The molecule has 0 N–H and O–H groups in total. The van der Waals surface area contributed by atoms with Crippen LogP contribution in [0.1, 0.15) is 63.4 Å². The predicted octanol–water partition coefficient (Wildman–Crippen LogP) is 4.58. The predicted molar refractivity (Wildman–Crippen MR) is 101 cm³/mol. The normalized spacial score (nSPS) is 40.3. The molecule has 4 aliphatic carbocycles. The summed E-state index contributed by atoms with van der Waals surface area (Å²) in [4.78, 5) is 15.9. The van der Waals surface area contributed by atoms with Crippen LogP contribution >= 0.6 is 0 Å². The first kappa shape index (κ1) is 16.1. The van der Waals surface area contributed by atoms with Gasteiger partial charge in [-0.15, -0.1) is 0 Å². The number of carbonyl (C=O) groups excluding carboxylic acids is 1. The van der Waals surface area contributed by atoms with Gasteiger partial charge in [0.1, 0.15) is 0 Å². The van der Waals surface area contributed by atoms with Crippen LogP contribution in [0.2, 0.25) is 0 Å². The van der Waals surface area contributed by atoms with Gasteiger partial charge in [0, 0.05) is 5.41 Å². The van der Waals surface area contributed by atoms with Crippen LogP contribution in [0, 0.1) is 17.3 Å². The van der Waals surface area contributed by atoms with Crippen LogP contribution in [0.15, 0.2) is 30.3 Å². The van der Waals surface area contributed by atoms with Crippen molar-refractivity contribution in [1.29, 1.82) is 0 Å². The highest BCUT2D eigenvalue weighted by atomic mass is 16.1. The van der Waals surface area contributed by atoms with Gasteiger partial charge in [-0.25, -0.2) is 0 Å². The minimum absolute atomic E-state index is 0.00261. The van der Waals surface area contributed by atoms with E-state index in [1.54, 1.807) is 0 Å². The van der Waals surface area contributed by atoms with E-state index in [4.69, 9.17) is 0 Å². The van der Waals surface area contributed by atoms with Gasteiger partial charge >= 0.3 is 0 Å². The van der Waals surface area contributed by atoms with E-state index in [0.717, 1.165) is 37.9 Å². The van der Waals surface area contributed by atoms with E-state index < -0.39 is 0 Å². The molecule has 134 valence electrons. The second-order valence-corrected chi connectivity index (χ2v) is 9.65. The van der Waals surface area contributed by atoms with Crippen molar-refractivity contribution < 1.29 is 4.79 Å². The molecule has 1 saturated heterocycles. The van der Waals surface area contributed by atoms with Crippen LogP contribution in [-0.4, -0.2) is 30.3 Å². The molecule has 4 saturated carbocycles. The van der Waals surface area contributed by atoms with E-state index in [0.29, 0.717) is 11.2 Å². The zero-order valence-electron chi connectivity index (χ0n) is 15.4. The van der Waals surface area contributed by atoms with Gasteiger partial charge in [0.15, 0.2) is 5.78 Å². The second-order valence-electron chi connectivity index (χ2n) is 9.65. The molecule has 0 unspecified atom stereocenters. The molecule has 1 aromatic carbocycles. The van der Waals surface area contributed by atoms with Gasteiger partial charge in [0.25, 0.3) is 0 Å². The van der Waals surface area contributed by atoms with Crippen molar-refractivity contribution in [2.75, 3.05) is 19.6 Å². The average molecular weight is 338 g/mol. The monoisotopic (exact) mass is 337 g/mol. The van der Waals surface area contributed by atoms with Crippen LogP contribution in [0.5, 0.6) is 0 Å². The molecule has 1 aliphatic heterocycles. The van der Waals surface area contributed by atoms with E-state index >= 15 is 0 Å². The molecule has 6 rings (SSSR count). The fourth-order valence-electron chi connectivity index (χ4n) is 7.21. The molecular weight excluding hydrogens is 306 g/mol. The average Bonchev–Trinajstić information content (AvgIpc) is 2.62. The Morgan fingerprint density at radius 2 is 1.64 bits per heavy atom. The minimum Gasteiger partial charge on any atom is -0.298 e. The molecule has 1 aromatic rings. The lowest BCUT2D eigenvalue weighted by atomic mass is 9.42. The van der Waals surface area contributed by atoms with Gasteiger partial charge in [-0.2, -0.15) is 0 Å². The lowest BCUT2D eigenvalue weighted by Gasteiger charge is -2.62. The Hall–Kier alpha value is -1.15. The fraction of sp³-hybridized carbons (Fsp3) is 0.696. The number of carbonyl (C=O) groups is 1. The Balaban J connectivity index is 1.43. The van der Waals surface area contributed by atoms with Crippen LogP contribution in [0.4, 0.5) is 0 Å². The fourth-order valence-corrected chi connectivity index (χ4v) is 7.21. The molecule has 0 radical (unpaired) electrons. The Labute approximate surface area is 152 Å². The van der Waals surface area contributed by atoms with Gasteiger partial charge in [-0.1, -0.05) is 36.8 Å². The first-order valence-electron chi connectivity index (χ1n) is 10.5. The standard InChI is InChI=1S/C23H31NO/c25-21(16-24-9-5-2-6-10-24)23-14-18-11-19(15-23)13-22(12-18,17-23)20-7-3-1-4-8-20/h1,3-4,7-8,18-19H,2,5-6,9-17H2/t18-,19-,22?,23?/m1/s1. The molecule has 5 fully saturated rings. The quantitative estimate of drug-likeness (QED) is 0.801. The second kappa shape index (κ2) is 5.94. The number of Topliss-reactive ketones (excluding diaryl/α,β-unsaturated/α-hetero) is 1. The molecule has 4 bridgehead atoms. The number of piperidine rings is 1. The molecule has 25 heavy (non-hydrogen) atoms. The number of hydrogen-bond donors (Lipinski definition) is 0. The van der Waals surface area contributed by atoms with E-state index in [1.807, 2.05) is 0 Å². The number of benzene rings is 1. The number of likely N-dealkylation sites (tertiary alicyclic amines) is 1. The molecule has 2 nitrogen and oxygen atoms in total. The first-order chi connectivity index (χ1) is 12.2. The third-order valence-electron chi connectivity index (χ3n) is 7.85. The highest BCUT2D eigenvalue weighted by Gasteiger charge is 2.60.